The molecule has 0 unspecified atom stereocenters. The fourth-order valence-corrected chi connectivity index (χ4v) is 10.7. The van der Waals surface area contributed by atoms with Crippen molar-refractivity contribution in [1.29, 1.82) is 0 Å². The minimum atomic E-state index is -0.937. The summed E-state index contributed by atoms with van der Waals surface area (Å²) in [4.78, 5) is 0. The van der Waals surface area contributed by atoms with Crippen molar-refractivity contribution < 1.29 is 18.9 Å². The van der Waals surface area contributed by atoms with E-state index in [0.29, 0.717) is 17.3 Å². The molecule has 4 heteroatoms. The molecule has 8 aromatic rings. The van der Waals surface area contributed by atoms with Gasteiger partial charge in [-0.05, 0) is 87.0 Å². The molecule has 0 amide bonds. The monoisotopic (exact) mass is 848 g/mol. The first-order valence-corrected chi connectivity index (χ1v) is 22.0. The van der Waals surface area contributed by atoms with Crippen LogP contribution in [-0.4, -0.2) is 13.2 Å². The maximum atomic E-state index is 7.47. The third-order valence-electron chi connectivity index (χ3n) is 13.5. The number of fused-ring (bicyclic) bond motifs is 14. The highest BCUT2D eigenvalue weighted by atomic mass is 16.5. The molecule has 66 heavy (non-hydrogen) atoms. The van der Waals surface area contributed by atoms with Crippen LogP contribution in [0, 0.1) is 24.7 Å². The summed E-state index contributed by atoms with van der Waals surface area (Å²) >= 11 is 0. The Bertz CT molecular complexity index is 3460. The van der Waals surface area contributed by atoms with Crippen molar-refractivity contribution in [3.8, 4) is 64.2 Å². The first kappa shape index (κ1) is 38.9. The van der Waals surface area contributed by atoms with Crippen molar-refractivity contribution >= 4 is 33.8 Å². The number of hydrogen-bond donors (Lipinski definition) is 0. The first-order chi connectivity index (χ1) is 32.5. The van der Waals surface area contributed by atoms with E-state index in [9.17, 15) is 0 Å². The van der Waals surface area contributed by atoms with Gasteiger partial charge in [0.1, 0.15) is 36.2 Å². The molecule has 2 heterocycles. The van der Waals surface area contributed by atoms with Crippen molar-refractivity contribution in [1.82, 2.24) is 0 Å². The van der Waals surface area contributed by atoms with Gasteiger partial charge < -0.3 is 18.9 Å². The molecule has 2 aliphatic heterocycles. The molecule has 312 valence electrons. The summed E-state index contributed by atoms with van der Waals surface area (Å²) in [5, 5.41) is 1.88. The molecule has 8 aromatic carbocycles. The first-order valence-electron chi connectivity index (χ1n) is 22.0. The van der Waals surface area contributed by atoms with Gasteiger partial charge in [-0.25, -0.2) is 0 Å². The molecule has 0 atom stereocenters. The Morgan fingerprint density at radius 2 is 1.00 bits per heavy atom. The van der Waals surface area contributed by atoms with Crippen LogP contribution in [-0.2, 0) is 15.9 Å². The van der Waals surface area contributed by atoms with Gasteiger partial charge in [0.05, 0.1) is 0 Å². The summed E-state index contributed by atoms with van der Waals surface area (Å²) in [5.74, 6) is 7.82. The van der Waals surface area contributed by atoms with E-state index in [-0.39, 0.29) is 13.2 Å². The molecule has 0 saturated heterocycles. The molecule has 0 fully saturated rings. The molecule has 0 radical (unpaired) electrons. The van der Waals surface area contributed by atoms with Gasteiger partial charge in [0.15, 0.2) is 11.2 Å². The molecule has 0 aromatic heterocycles. The van der Waals surface area contributed by atoms with Crippen molar-refractivity contribution in [2.24, 2.45) is 0 Å². The lowest BCUT2D eigenvalue weighted by Gasteiger charge is -2.37. The van der Waals surface area contributed by atoms with Gasteiger partial charge in [0.25, 0.3) is 0 Å². The van der Waals surface area contributed by atoms with Crippen LogP contribution in [0.4, 0.5) is 0 Å². The number of ether oxygens (including phenoxy) is 4. The van der Waals surface area contributed by atoms with Crippen LogP contribution >= 0.6 is 0 Å². The summed E-state index contributed by atoms with van der Waals surface area (Å²) in [7, 11) is 0. The number of benzene rings is 8. The molecule has 0 N–H and O–H groups in total. The van der Waals surface area contributed by atoms with Gasteiger partial charge in [0, 0.05) is 55.3 Å². The van der Waals surface area contributed by atoms with E-state index in [2.05, 4.69) is 183 Å². The van der Waals surface area contributed by atoms with Gasteiger partial charge in [-0.15, -0.1) is 12.8 Å². The Hall–Kier alpha value is -8.70. The Morgan fingerprint density at radius 3 is 1.52 bits per heavy atom. The zero-order valence-electron chi connectivity index (χ0n) is 35.9. The van der Waals surface area contributed by atoms with Gasteiger partial charge in [0.2, 0.25) is 0 Å². The van der Waals surface area contributed by atoms with Crippen molar-refractivity contribution in [2.45, 2.75) is 11.2 Å². The maximum Gasteiger partial charge on any atom is 0.179 e. The minimum Gasteiger partial charge on any atom is -0.481 e. The SMILES string of the molecule is C#CCOC(=C)c1ccc2c(c1C=C)OC1(C=C2c2ccc(C3=CC4(Oc5c3ccc3c(OCC#C)cccc53)c3ccccc3-c3ccccc34)cc2)c2ccccc2-c2ccccc21. The molecule has 2 spiro atoms. The quantitative estimate of drug-likeness (QED) is 0.113. The lowest BCUT2D eigenvalue weighted by atomic mass is 9.80. The lowest BCUT2D eigenvalue weighted by Crippen LogP contribution is -2.34. The van der Waals surface area contributed by atoms with Gasteiger partial charge in [-0.1, -0.05) is 165 Å². The highest BCUT2D eigenvalue weighted by molar-refractivity contribution is 6.02. The molecular formula is C62H40O4. The van der Waals surface area contributed by atoms with Gasteiger partial charge >= 0.3 is 0 Å². The molecule has 4 nitrogen and oxygen atoms in total. The Labute approximate surface area is 384 Å². The molecular weight excluding hydrogens is 809 g/mol. The molecule has 4 aliphatic rings. The van der Waals surface area contributed by atoms with Crippen LogP contribution < -0.4 is 14.2 Å². The fourth-order valence-electron chi connectivity index (χ4n) is 10.7. The second-order valence-corrected chi connectivity index (χ2v) is 16.9. The maximum absolute atomic E-state index is 7.47. The van der Waals surface area contributed by atoms with E-state index in [1.165, 1.54) is 0 Å². The third-order valence-corrected chi connectivity index (χ3v) is 13.5. The summed E-state index contributed by atoms with van der Waals surface area (Å²) in [6.45, 7) is 8.79. The van der Waals surface area contributed by atoms with Crippen LogP contribution in [0.2, 0.25) is 0 Å². The fraction of sp³-hybridized carbons (Fsp3) is 0.0645. The minimum absolute atomic E-state index is 0.0981. The highest BCUT2D eigenvalue weighted by Gasteiger charge is 2.49. The largest absolute Gasteiger partial charge is 0.481 e. The summed E-state index contributed by atoms with van der Waals surface area (Å²) < 4.78 is 26.8. The van der Waals surface area contributed by atoms with Crippen molar-refractivity contribution in [2.75, 3.05) is 13.2 Å². The highest BCUT2D eigenvalue weighted by Crippen LogP contribution is 2.58. The second-order valence-electron chi connectivity index (χ2n) is 16.9. The summed E-state index contributed by atoms with van der Waals surface area (Å²) in [6, 6.07) is 57.5. The molecule has 0 saturated carbocycles. The number of rotatable bonds is 8. The van der Waals surface area contributed by atoms with E-state index in [1.807, 2.05) is 24.3 Å². The Morgan fingerprint density at radius 1 is 0.515 bits per heavy atom. The van der Waals surface area contributed by atoms with Crippen LogP contribution in [0.15, 0.2) is 189 Å². The van der Waals surface area contributed by atoms with Gasteiger partial charge in [-0.2, -0.15) is 0 Å². The van der Waals surface area contributed by atoms with Crippen molar-refractivity contribution in [3.05, 3.63) is 245 Å². The van der Waals surface area contributed by atoms with Crippen molar-refractivity contribution in [3.63, 3.8) is 0 Å². The zero-order chi connectivity index (χ0) is 44.6. The van der Waals surface area contributed by atoms with E-state index in [4.69, 9.17) is 31.8 Å². The normalized spacial score (nSPS) is 14.6. The number of terminal acetylenes is 2. The average Bonchev–Trinajstić information content (AvgIpc) is 3.79. The van der Waals surface area contributed by atoms with Gasteiger partial charge in [-0.3, -0.25) is 0 Å². The average molecular weight is 849 g/mol. The van der Waals surface area contributed by atoms with E-state index < -0.39 is 11.2 Å². The topological polar surface area (TPSA) is 36.9 Å². The van der Waals surface area contributed by atoms with E-state index >= 15 is 0 Å². The van der Waals surface area contributed by atoms with Crippen LogP contribution in [0.25, 0.3) is 56.0 Å². The molecule has 0 bridgehead atoms. The summed E-state index contributed by atoms with van der Waals surface area (Å²) in [5.41, 5.74) is 14.7. The number of hydrogen-bond acceptors (Lipinski definition) is 4. The van der Waals surface area contributed by atoms with E-state index in [0.717, 1.165) is 106 Å². The van der Waals surface area contributed by atoms with Crippen LogP contribution in [0.5, 0.6) is 17.2 Å². The van der Waals surface area contributed by atoms with Crippen LogP contribution in [0.3, 0.4) is 0 Å². The third kappa shape index (κ3) is 5.56. The smallest absolute Gasteiger partial charge is 0.179 e. The standard InChI is InChI=1S/C62H40O4/c1-5-35-63-39(4)43-31-33-50-52(37-61(65-59(50)42(43)7-3)54-22-12-8-17-44(54)45-18-9-13-23-55(45)61)40-27-29-41(30-28-40)53-38-62(56-24-14-10-19-46(56)47-20-11-15-25-57(47)62)66-60-49-21-16-26-58(64-36-6-2)48(49)32-34-51(53)60/h1-2,7-34,37-38H,3-4,35-36H2. The Kier molecular flexibility index (Phi) is 8.82. The predicted molar refractivity (Wildman–Crippen MR) is 266 cm³/mol. The van der Waals surface area contributed by atoms with Crippen LogP contribution in [0.1, 0.15) is 55.6 Å². The molecule has 12 rings (SSSR count). The molecule has 2 aliphatic carbocycles. The van der Waals surface area contributed by atoms with E-state index in [1.54, 1.807) is 0 Å². The predicted octanol–water partition coefficient (Wildman–Crippen LogP) is 13.6. The zero-order valence-corrected chi connectivity index (χ0v) is 35.9. The Balaban J connectivity index is 1.06. The summed E-state index contributed by atoms with van der Waals surface area (Å²) in [6.07, 6.45) is 17.7. The lowest BCUT2D eigenvalue weighted by molar-refractivity contribution is 0.164. The second kappa shape index (κ2) is 15.0.